The van der Waals surface area contributed by atoms with Crippen molar-refractivity contribution in [2.45, 2.75) is 32.9 Å². The predicted molar refractivity (Wildman–Crippen MR) is 75.3 cm³/mol. The van der Waals surface area contributed by atoms with Gasteiger partial charge in [-0.15, -0.1) is 11.3 Å². The van der Waals surface area contributed by atoms with E-state index in [9.17, 15) is 0 Å². The van der Waals surface area contributed by atoms with Gasteiger partial charge in [-0.2, -0.15) is 5.10 Å². The predicted octanol–water partition coefficient (Wildman–Crippen LogP) is 3.34. The van der Waals surface area contributed by atoms with Crippen molar-refractivity contribution in [1.82, 2.24) is 9.78 Å². The van der Waals surface area contributed by atoms with E-state index < -0.39 is 0 Å². The highest BCUT2D eigenvalue weighted by molar-refractivity contribution is 9.10. The molecule has 0 aliphatic carbocycles. The largest absolute Gasteiger partial charge is 0.318 e. The molecule has 1 unspecified atom stereocenters. The SMILES string of the molecule is CCc1ccc(C(N)c2c(Br)cnn2CC)s1. The maximum absolute atomic E-state index is 6.33. The Bertz CT molecular complexity index is 504. The Kier molecular flexibility index (Phi) is 4.01. The average Bonchev–Trinajstić information content (AvgIpc) is 2.94. The number of nitrogens with zero attached hydrogens (tertiary/aromatic N) is 2. The van der Waals surface area contributed by atoms with E-state index in [0.717, 1.165) is 23.1 Å². The minimum absolute atomic E-state index is 0.0999. The fraction of sp³-hybridized carbons (Fsp3) is 0.417. The van der Waals surface area contributed by atoms with Gasteiger partial charge in [0.1, 0.15) is 0 Å². The third-order valence-corrected chi connectivity index (χ3v) is 4.69. The van der Waals surface area contributed by atoms with Gasteiger partial charge in [0.2, 0.25) is 0 Å². The summed E-state index contributed by atoms with van der Waals surface area (Å²) < 4.78 is 2.93. The number of aryl methyl sites for hydroxylation is 2. The summed E-state index contributed by atoms with van der Waals surface area (Å²) in [6.07, 6.45) is 2.87. The van der Waals surface area contributed by atoms with Crippen LogP contribution in [0.15, 0.2) is 22.8 Å². The lowest BCUT2D eigenvalue weighted by molar-refractivity contribution is 0.602. The minimum Gasteiger partial charge on any atom is -0.318 e. The summed E-state index contributed by atoms with van der Waals surface area (Å²) in [5.41, 5.74) is 7.38. The molecule has 17 heavy (non-hydrogen) atoms. The molecule has 2 rings (SSSR count). The molecule has 1 atom stereocenters. The van der Waals surface area contributed by atoms with Crippen LogP contribution < -0.4 is 5.73 Å². The Labute approximate surface area is 114 Å². The lowest BCUT2D eigenvalue weighted by atomic mass is 10.2. The van der Waals surface area contributed by atoms with E-state index in [1.54, 1.807) is 11.3 Å². The molecule has 0 radical (unpaired) electrons. The van der Waals surface area contributed by atoms with Crippen molar-refractivity contribution in [3.8, 4) is 0 Å². The van der Waals surface area contributed by atoms with Crippen LogP contribution in [0.4, 0.5) is 0 Å². The van der Waals surface area contributed by atoms with E-state index in [0.29, 0.717) is 0 Å². The van der Waals surface area contributed by atoms with E-state index in [2.05, 4.69) is 47.0 Å². The van der Waals surface area contributed by atoms with Gasteiger partial charge in [-0.05, 0) is 41.4 Å². The molecule has 0 aromatic carbocycles. The van der Waals surface area contributed by atoms with E-state index in [1.165, 1.54) is 9.75 Å². The highest BCUT2D eigenvalue weighted by atomic mass is 79.9. The van der Waals surface area contributed by atoms with E-state index in [4.69, 9.17) is 5.73 Å². The maximum Gasteiger partial charge on any atom is 0.0828 e. The second-order valence-corrected chi connectivity index (χ2v) is 5.88. The first-order valence-electron chi connectivity index (χ1n) is 5.72. The topological polar surface area (TPSA) is 43.8 Å². The van der Waals surface area contributed by atoms with Gasteiger partial charge >= 0.3 is 0 Å². The lowest BCUT2D eigenvalue weighted by Gasteiger charge is -2.12. The quantitative estimate of drug-likeness (QED) is 0.940. The Hall–Kier alpha value is -0.650. The molecule has 2 heterocycles. The van der Waals surface area contributed by atoms with Crippen molar-refractivity contribution in [3.05, 3.63) is 38.3 Å². The molecular formula is C12H16BrN3S. The summed E-state index contributed by atoms with van der Waals surface area (Å²) in [5.74, 6) is 0. The minimum atomic E-state index is -0.0999. The molecule has 2 aromatic rings. The molecular weight excluding hydrogens is 298 g/mol. The smallest absolute Gasteiger partial charge is 0.0828 e. The molecule has 0 spiro atoms. The fourth-order valence-corrected chi connectivity index (χ4v) is 3.32. The lowest BCUT2D eigenvalue weighted by Crippen LogP contribution is -2.16. The van der Waals surface area contributed by atoms with Crippen LogP contribution in [0.2, 0.25) is 0 Å². The summed E-state index contributed by atoms with van der Waals surface area (Å²) in [7, 11) is 0. The number of hydrogen-bond donors (Lipinski definition) is 1. The van der Waals surface area contributed by atoms with Crippen molar-refractivity contribution in [1.29, 1.82) is 0 Å². The second kappa shape index (κ2) is 5.33. The maximum atomic E-state index is 6.33. The van der Waals surface area contributed by atoms with Gasteiger partial charge < -0.3 is 5.73 Å². The molecule has 0 saturated carbocycles. The van der Waals surface area contributed by atoms with Crippen molar-refractivity contribution in [2.75, 3.05) is 0 Å². The van der Waals surface area contributed by atoms with Crippen LogP contribution in [-0.4, -0.2) is 9.78 Å². The number of nitrogens with two attached hydrogens (primary N) is 1. The molecule has 0 aliphatic heterocycles. The van der Waals surface area contributed by atoms with Crippen LogP contribution in [0.5, 0.6) is 0 Å². The third kappa shape index (κ3) is 2.46. The first-order chi connectivity index (χ1) is 8.17. The van der Waals surface area contributed by atoms with Gasteiger partial charge in [0.15, 0.2) is 0 Å². The van der Waals surface area contributed by atoms with Gasteiger partial charge in [0, 0.05) is 16.3 Å². The Balaban J connectivity index is 2.35. The zero-order valence-electron chi connectivity index (χ0n) is 9.98. The number of halogens is 1. The molecule has 0 aliphatic rings. The van der Waals surface area contributed by atoms with Crippen molar-refractivity contribution < 1.29 is 0 Å². The Morgan fingerprint density at radius 2 is 2.24 bits per heavy atom. The van der Waals surface area contributed by atoms with Crippen LogP contribution in [0, 0.1) is 0 Å². The Morgan fingerprint density at radius 1 is 1.47 bits per heavy atom. The van der Waals surface area contributed by atoms with Gasteiger partial charge in [0.05, 0.1) is 22.4 Å². The van der Waals surface area contributed by atoms with Gasteiger partial charge in [-0.1, -0.05) is 6.92 Å². The zero-order valence-corrected chi connectivity index (χ0v) is 12.4. The summed E-state index contributed by atoms with van der Waals surface area (Å²) in [6, 6.07) is 4.17. The highest BCUT2D eigenvalue weighted by Crippen LogP contribution is 2.31. The summed E-state index contributed by atoms with van der Waals surface area (Å²) in [6.45, 7) is 5.07. The fourth-order valence-electron chi connectivity index (χ4n) is 1.82. The first kappa shape index (κ1) is 12.8. The third-order valence-electron chi connectivity index (χ3n) is 2.76. The molecule has 0 bridgehead atoms. The van der Waals surface area contributed by atoms with E-state index in [-0.39, 0.29) is 6.04 Å². The molecule has 0 saturated heterocycles. The number of hydrogen-bond acceptors (Lipinski definition) is 3. The van der Waals surface area contributed by atoms with Gasteiger partial charge in [-0.3, -0.25) is 4.68 Å². The number of thiophene rings is 1. The molecule has 92 valence electrons. The van der Waals surface area contributed by atoms with Crippen molar-refractivity contribution >= 4 is 27.3 Å². The summed E-state index contributed by atoms with van der Waals surface area (Å²) >= 11 is 5.30. The molecule has 2 N–H and O–H groups in total. The standard InChI is InChI=1S/C12H16BrN3S/c1-3-8-5-6-10(17-8)11(14)12-9(13)7-15-16(12)4-2/h5-7,11H,3-4,14H2,1-2H3. The van der Waals surface area contributed by atoms with Crippen LogP contribution >= 0.6 is 27.3 Å². The van der Waals surface area contributed by atoms with Crippen LogP contribution in [-0.2, 0) is 13.0 Å². The van der Waals surface area contributed by atoms with Crippen molar-refractivity contribution in [3.63, 3.8) is 0 Å². The first-order valence-corrected chi connectivity index (χ1v) is 7.33. The number of rotatable bonds is 4. The monoisotopic (exact) mass is 313 g/mol. The normalized spacial score (nSPS) is 12.9. The van der Waals surface area contributed by atoms with Gasteiger partial charge in [-0.25, -0.2) is 0 Å². The van der Waals surface area contributed by atoms with E-state index in [1.807, 2.05) is 10.9 Å². The summed E-state index contributed by atoms with van der Waals surface area (Å²) in [5, 5.41) is 4.30. The summed E-state index contributed by atoms with van der Waals surface area (Å²) in [4.78, 5) is 2.56. The molecule has 0 fully saturated rings. The van der Waals surface area contributed by atoms with Crippen molar-refractivity contribution in [2.24, 2.45) is 5.73 Å². The van der Waals surface area contributed by atoms with E-state index >= 15 is 0 Å². The van der Waals surface area contributed by atoms with Crippen LogP contribution in [0.25, 0.3) is 0 Å². The molecule has 0 amide bonds. The van der Waals surface area contributed by atoms with Gasteiger partial charge in [0.25, 0.3) is 0 Å². The van der Waals surface area contributed by atoms with Crippen LogP contribution in [0.1, 0.15) is 35.3 Å². The Morgan fingerprint density at radius 3 is 2.82 bits per heavy atom. The zero-order chi connectivity index (χ0) is 12.4. The van der Waals surface area contributed by atoms with Crippen LogP contribution in [0.3, 0.4) is 0 Å². The molecule has 5 heteroatoms. The highest BCUT2D eigenvalue weighted by Gasteiger charge is 2.19. The average molecular weight is 314 g/mol. The number of aromatic nitrogens is 2. The second-order valence-electron chi connectivity index (χ2n) is 3.83. The molecule has 3 nitrogen and oxygen atoms in total. The molecule has 2 aromatic heterocycles.